The number of benzene rings is 1. The Balaban J connectivity index is 1.63. The van der Waals surface area contributed by atoms with Crippen LogP contribution in [0.25, 0.3) is 0 Å². The molecule has 0 saturated carbocycles. The molecule has 3 rings (SSSR count). The molecule has 2 heterocycles. The average Bonchev–Trinajstić information content (AvgIpc) is 3.12. The van der Waals surface area contributed by atoms with Gasteiger partial charge < -0.3 is 19.7 Å². The number of nitrogens with one attached hydrogen (secondary N) is 1. The molecule has 148 valence electrons. The van der Waals surface area contributed by atoms with Gasteiger partial charge in [-0.25, -0.2) is 8.78 Å². The molecule has 1 amide bonds. The molecule has 2 aliphatic rings. The van der Waals surface area contributed by atoms with Crippen LogP contribution in [-0.4, -0.2) is 55.7 Å². The van der Waals surface area contributed by atoms with Crippen LogP contribution in [0.3, 0.4) is 0 Å². The first-order valence-electron chi connectivity index (χ1n) is 9.18. The van der Waals surface area contributed by atoms with E-state index in [2.05, 4.69) is 10.1 Å². The zero-order valence-electron chi connectivity index (χ0n) is 15.2. The lowest BCUT2D eigenvalue weighted by atomic mass is 9.98. The number of methoxy groups -OCH3 is 1. The Morgan fingerprint density at radius 3 is 2.89 bits per heavy atom. The molecule has 8 heteroatoms. The molecule has 2 aliphatic heterocycles. The summed E-state index contributed by atoms with van der Waals surface area (Å²) in [7, 11) is 1.32. The molecule has 6 nitrogen and oxygen atoms in total. The number of amides is 1. The van der Waals surface area contributed by atoms with Crippen LogP contribution in [0.1, 0.15) is 37.4 Å². The van der Waals surface area contributed by atoms with E-state index in [1.54, 1.807) is 4.90 Å². The zero-order valence-corrected chi connectivity index (χ0v) is 15.2. The quantitative estimate of drug-likeness (QED) is 0.762. The van der Waals surface area contributed by atoms with Crippen molar-refractivity contribution in [1.29, 1.82) is 0 Å². The van der Waals surface area contributed by atoms with Gasteiger partial charge in [-0.2, -0.15) is 0 Å². The van der Waals surface area contributed by atoms with E-state index in [0.29, 0.717) is 38.1 Å². The highest BCUT2D eigenvalue weighted by Crippen LogP contribution is 2.31. The molecule has 0 radical (unpaired) electrons. The van der Waals surface area contributed by atoms with Gasteiger partial charge in [-0.1, -0.05) is 6.07 Å². The number of esters is 1. The Bertz CT molecular complexity index is 700. The van der Waals surface area contributed by atoms with Gasteiger partial charge in [0.15, 0.2) is 11.6 Å². The lowest BCUT2D eigenvalue weighted by Crippen LogP contribution is -2.54. The van der Waals surface area contributed by atoms with Gasteiger partial charge in [0, 0.05) is 25.7 Å². The fourth-order valence-electron chi connectivity index (χ4n) is 3.68. The third kappa shape index (κ3) is 4.62. The predicted octanol–water partition coefficient (Wildman–Crippen LogP) is 1.94. The minimum absolute atomic E-state index is 0.0545. The first-order valence-corrected chi connectivity index (χ1v) is 9.18. The first kappa shape index (κ1) is 19.7. The summed E-state index contributed by atoms with van der Waals surface area (Å²) in [4.78, 5) is 25.7. The smallest absolute Gasteiger partial charge is 0.307 e. The van der Waals surface area contributed by atoms with Gasteiger partial charge in [-0.05, 0) is 37.0 Å². The monoisotopic (exact) mass is 382 g/mol. The highest BCUT2D eigenvalue weighted by Gasteiger charge is 2.36. The van der Waals surface area contributed by atoms with Crippen LogP contribution in [0.15, 0.2) is 18.2 Å². The highest BCUT2D eigenvalue weighted by atomic mass is 19.2. The summed E-state index contributed by atoms with van der Waals surface area (Å²) < 4.78 is 37.1. The number of hydrogen-bond acceptors (Lipinski definition) is 5. The maximum Gasteiger partial charge on any atom is 0.307 e. The zero-order chi connectivity index (χ0) is 19.4. The largest absolute Gasteiger partial charge is 0.469 e. The van der Waals surface area contributed by atoms with E-state index < -0.39 is 17.7 Å². The third-order valence-electron chi connectivity index (χ3n) is 5.12. The van der Waals surface area contributed by atoms with Gasteiger partial charge in [0.25, 0.3) is 0 Å². The second kappa shape index (κ2) is 8.75. The molecule has 1 N–H and O–H groups in total. The number of ether oxygens (including phenoxy) is 2. The van der Waals surface area contributed by atoms with Crippen molar-refractivity contribution in [3.8, 4) is 0 Å². The highest BCUT2D eigenvalue weighted by molar-refractivity contribution is 5.83. The maximum atomic E-state index is 13.6. The molecular formula is C19H24F2N2O4. The summed E-state index contributed by atoms with van der Waals surface area (Å²) in [6.45, 7) is 1.42. The summed E-state index contributed by atoms with van der Waals surface area (Å²) in [6, 6.07) is 3.20. The molecule has 27 heavy (non-hydrogen) atoms. The molecule has 2 saturated heterocycles. The van der Waals surface area contributed by atoms with Gasteiger partial charge in [-0.3, -0.25) is 9.59 Å². The Hall–Kier alpha value is -2.06. The van der Waals surface area contributed by atoms with Crippen molar-refractivity contribution in [2.75, 3.05) is 26.8 Å². The summed E-state index contributed by atoms with van der Waals surface area (Å²) >= 11 is 0. The molecule has 2 fully saturated rings. The van der Waals surface area contributed by atoms with E-state index in [1.165, 1.54) is 13.2 Å². The van der Waals surface area contributed by atoms with Gasteiger partial charge in [0.1, 0.15) is 0 Å². The molecule has 3 atom stereocenters. The Labute approximate surface area is 156 Å². The second-order valence-electron chi connectivity index (χ2n) is 6.87. The number of nitrogens with zero attached hydrogens (tertiary/aromatic N) is 1. The molecular weight excluding hydrogens is 358 g/mol. The van der Waals surface area contributed by atoms with Crippen molar-refractivity contribution < 1.29 is 27.8 Å². The molecule has 1 unspecified atom stereocenters. The third-order valence-corrected chi connectivity index (χ3v) is 5.12. The van der Waals surface area contributed by atoms with Crippen molar-refractivity contribution in [3.05, 3.63) is 35.4 Å². The summed E-state index contributed by atoms with van der Waals surface area (Å²) in [5.74, 6) is -2.21. The molecule has 1 aromatic rings. The first-order chi connectivity index (χ1) is 13.0. The van der Waals surface area contributed by atoms with Crippen LogP contribution in [0.5, 0.6) is 0 Å². The Morgan fingerprint density at radius 2 is 2.15 bits per heavy atom. The average molecular weight is 382 g/mol. The molecule has 0 bridgehead atoms. The minimum atomic E-state index is -0.913. The minimum Gasteiger partial charge on any atom is -0.469 e. The summed E-state index contributed by atoms with van der Waals surface area (Å²) in [5, 5.41) is 3.33. The van der Waals surface area contributed by atoms with Crippen LogP contribution in [0.4, 0.5) is 8.78 Å². The Morgan fingerprint density at radius 1 is 1.33 bits per heavy atom. The number of rotatable bonds is 6. The number of likely N-dealkylation sites (tertiary alicyclic amines) is 1. The topological polar surface area (TPSA) is 67.9 Å². The van der Waals surface area contributed by atoms with Crippen LogP contribution in [0.2, 0.25) is 0 Å². The van der Waals surface area contributed by atoms with Gasteiger partial charge in [0.2, 0.25) is 5.91 Å². The molecule has 1 aromatic carbocycles. The van der Waals surface area contributed by atoms with Crippen molar-refractivity contribution in [2.45, 2.75) is 43.9 Å². The van der Waals surface area contributed by atoms with E-state index in [-0.39, 0.29) is 30.4 Å². The van der Waals surface area contributed by atoms with Crippen molar-refractivity contribution in [1.82, 2.24) is 10.2 Å². The van der Waals surface area contributed by atoms with Crippen LogP contribution >= 0.6 is 0 Å². The van der Waals surface area contributed by atoms with Crippen molar-refractivity contribution in [3.63, 3.8) is 0 Å². The van der Waals surface area contributed by atoms with Gasteiger partial charge in [0.05, 0.1) is 25.7 Å². The van der Waals surface area contributed by atoms with E-state index in [9.17, 15) is 18.4 Å². The van der Waals surface area contributed by atoms with Crippen molar-refractivity contribution in [2.24, 2.45) is 0 Å². The van der Waals surface area contributed by atoms with E-state index in [1.807, 2.05) is 0 Å². The van der Waals surface area contributed by atoms with Crippen molar-refractivity contribution >= 4 is 11.9 Å². The predicted molar refractivity (Wildman–Crippen MR) is 92.8 cm³/mol. The molecule has 0 spiro atoms. The lowest BCUT2D eigenvalue weighted by molar-refractivity contribution is -0.142. The number of hydrogen-bond donors (Lipinski definition) is 1. The fraction of sp³-hybridized carbons (Fsp3) is 0.579. The normalized spacial score (nSPS) is 25.7. The van der Waals surface area contributed by atoms with Gasteiger partial charge in [-0.15, -0.1) is 0 Å². The maximum absolute atomic E-state index is 13.6. The number of carbonyl (C=O) groups excluding carboxylic acids is 2. The van der Waals surface area contributed by atoms with Crippen LogP contribution in [0, 0.1) is 11.6 Å². The summed E-state index contributed by atoms with van der Waals surface area (Å²) in [6.07, 6.45) is 1.93. The SMILES string of the molecule is COC(=O)CCN1CCCC(N[C@@H]2CCO[C@H]2c2ccc(F)c(F)c2)C1=O. The standard InChI is InChI=1S/C19H24F2N2O4/c1-26-17(24)6-9-23-8-2-3-16(19(23)25)22-15-7-10-27-18(15)12-4-5-13(20)14(21)11-12/h4-5,11,15-16,18,22H,2-3,6-10H2,1H3/t15-,16?,18+/m1/s1. The lowest BCUT2D eigenvalue weighted by Gasteiger charge is -2.34. The molecule has 0 aromatic heterocycles. The fourth-order valence-corrected chi connectivity index (χ4v) is 3.68. The van der Waals surface area contributed by atoms with Gasteiger partial charge >= 0.3 is 5.97 Å². The molecule has 0 aliphatic carbocycles. The van der Waals surface area contributed by atoms with E-state index in [0.717, 1.165) is 18.6 Å². The number of carbonyl (C=O) groups is 2. The summed E-state index contributed by atoms with van der Waals surface area (Å²) in [5.41, 5.74) is 0.551. The number of piperidine rings is 1. The second-order valence-corrected chi connectivity index (χ2v) is 6.87. The van der Waals surface area contributed by atoms with E-state index in [4.69, 9.17) is 4.74 Å². The van der Waals surface area contributed by atoms with Crippen LogP contribution < -0.4 is 5.32 Å². The Kier molecular flexibility index (Phi) is 6.38. The number of halogens is 2. The van der Waals surface area contributed by atoms with E-state index >= 15 is 0 Å². The van der Waals surface area contributed by atoms with Crippen LogP contribution in [-0.2, 0) is 19.1 Å².